The van der Waals surface area contributed by atoms with Gasteiger partial charge in [0.05, 0.1) is 19.4 Å². The van der Waals surface area contributed by atoms with Gasteiger partial charge in [-0.3, -0.25) is 0 Å². The second-order valence-electron chi connectivity index (χ2n) is 7.84. The Morgan fingerprint density at radius 3 is 2.68 bits per heavy atom. The number of hydrogen-bond donors (Lipinski definition) is 2. The molecule has 0 unspecified atom stereocenters. The van der Waals surface area contributed by atoms with Crippen molar-refractivity contribution in [3.63, 3.8) is 0 Å². The number of nitrogens with zero attached hydrogens (tertiary/aromatic N) is 1. The Morgan fingerprint density at radius 1 is 1.19 bits per heavy atom. The number of sulfonamides is 1. The van der Waals surface area contributed by atoms with Gasteiger partial charge in [-0.25, -0.2) is 17.9 Å². The van der Waals surface area contributed by atoms with E-state index in [2.05, 4.69) is 16.1 Å². The summed E-state index contributed by atoms with van der Waals surface area (Å²) in [6.07, 6.45) is 3.16. The monoisotopic (exact) mass is 445 g/mol. The van der Waals surface area contributed by atoms with Crippen molar-refractivity contribution in [1.82, 2.24) is 14.9 Å². The lowest BCUT2D eigenvalue weighted by molar-refractivity contribution is 0.134. The summed E-state index contributed by atoms with van der Waals surface area (Å²) in [6, 6.07) is 15.2. The van der Waals surface area contributed by atoms with Gasteiger partial charge >= 0.3 is 6.03 Å². The summed E-state index contributed by atoms with van der Waals surface area (Å²) in [4.78, 5) is 14.5. The second kappa shape index (κ2) is 10.2. The molecular formula is C23H31N3O4S. The predicted molar refractivity (Wildman–Crippen MR) is 123 cm³/mol. The quantitative estimate of drug-likeness (QED) is 0.686. The first-order valence-electron chi connectivity index (χ1n) is 10.6. The number of piperidine rings is 1. The molecule has 168 valence electrons. The first-order valence-corrected chi connectivity index (χ1v) is 12.5. The van der Waals surface area contributed by atoms with E-state index in [1.807, 2.05) is 49.4 Å². The van der Waals surface area contributed by atoms with Gasteiger partial charge in [0.2, 0.25) is 10.0 Å². The topological polar surface area (TPSA) is 87.7 Å². The van der Waals surface area contributed by atoms with Gasteiger partial charge < -0.3 is 15.0 Å². The summed E-state index contributed by atoms with van der Waals surface area (Å²) in [5, 5.41) is 2.86. The highest BCUT2D eigenvalue weighted by atomic mass is 32.2. The van der Waals surface area contributed by atoms with Crippen LogP contribution in [0.4, 0.5) is 4.79 Å². The molecule has 0 saturated carbocycles. The highest BCUT2D eigenvalue weighted by molar-refractivity contribution is 7.88. The van der Waals surface area contributed by atoms with Gasteiger partial charge in [-0.2, -0.15) is 0 Å². The predicted octanol–water partition coefficient (Wildman–Crippen LogP) is 3.02. The summed E-state index contributed by atoms with van der Waals surface area (Å²) in [6.45, 7) is 3.00. The first kappa shape index (κ1) is 23.1. The maximum atomic E-state index is 12.7. The molecule has 2 amide bonds. The number of rotatable bonds is 7. The molecular weight excluding hydrogens is 414 g/mol. The molecule has 0 aromatic heterocycles. The molecule has 2 aromatic carbocycles. The van der Waals surface area contributed by atoms with Crippen LogP contribution in [0.15, 0.2) is 48.5 Å². The third-order valence-corrected chi connectivity index (χ3v) is 6.25. The first-order chi connectivity index (χ1) is 14.8. The van der Waals surface area contributed by atoms with Crippen molar-refractivity contribution in [3.8, 4) is 16.9 Å². The standard InChI is InChI=1S/C23H31N3O4S/c1-4-24-23(27)26-14-8-12-20(25-31(3,28)29)21(26)16-17-9-7-10-18(15-17)19-11-5-6-13-22(19)30-2/h5-7,9-11,13,15,20-21,25H,4,8,12,14,16H2,1-3H3,(H,24,27)/t20-,21-/m1/s1. The minimum absolute atomic E-state index is 0.159. The molecule has 2 N–H and O–H groups in total. The van der Waals surface area contributed by atoms with Crippen molar-refractivity contribution < 1.29 is 17.9 Å². The van der Waals surface area contributed by atoms with E-state index >= 15 is 0 Å². The molecule has 7 nitrogen and oxygen atoms in total. The van der Waals surface area contributed by atoms with Gasteiger partial charge in [0, 0.05) is 24.7 Å². The minimum atomic E-state index is -3.40. The number of benzene rings is 2. The summed E-state index contributed by atoms with van der Waals surface area (Å²) in [7, 11) is -1.75. The molecule has 2 atom stereocenters. The third-order valence-electron chi connectivity index (χ3n) is 5.52. The average Bonchev–Trinajstić information content (AvgIpc) is 2.74. The third kappa shape index (κ3) is 5.98. The molecule has 31 heavy (non-hydrogen) atoms. The van der Waals surface area contributed by atoms with E-state index in [1.165, 1.54) is 0 Å². The Labute approximate surface area is 184 Å². The van der Waals surface area contributed by atoms with Crippen LogP contribution in [0.2, 0.25) is 0 Å². The molecule has 3 rings (SSSR count). The number of ether oxygens (including phenoxy) is 1. The number of nitrogens with one attached hydrogen (secondary N) is 2. The highest BCUT2D eigenvalue weighted by Gasteiger charge is 2.35. The molecule has 1 saturated heterocycles. The summed E-state index contributed by atoms with van der Waals surface area (Å²) >= 11 is 0. The van der Waals surface area contributed by atoms with Crippen molar-refractivity contribution in [1.29, 1.82) is 0 Å². The lowest BCUT2D eigenvalue weighted by Gasteiger charge is -2.41. The molecule has 1 aliphatic heterocycles. The van der Waals surface area contributed by atoms with Gasteiger partial charge in [-0.15, -0.1) is 0 Å². The Morgan fingerprint density at radius 2 is 1.97 bits per heavy atom. The van der Waals surface area contributed by atoms with E-state index in [4.69, 9.17) is 4.74 Å². The molecule has 0 radical (unpaired) electrons. The van der Waals surface area contributed by atoms with Crippen LogP contribution in [0.5, 0.6) is 5.75 Å². The number of hydrogen-bond acceptors (Lipinski definition) is 4. The van der Waals surface area contributed by atoms with Crippen LogP contribution in [0.25, 0.3) is 11.1 Å². The van der Waals surface area contributed by atoms with E-state index in [1.54, 1.807) is 12.0 Å². The molecule has 1 fully saturated rings. The fourth-order valence-corrected chi connectivity index (χ4v) is 5.04. The molecule has 1 heterocycles. The van der Waals surface area contributed by atoms with E-state index in [0.29, 0.717) is 25.9 Å². The molecule has 2 aromatic rings. The fourth-order valence-electron chi connectivity index (χ4n) is 4.22. The van der Waals surface area contributed by atoms with Gasteiger partial charge in [0.15, 0.2) is 0 Å². The maximum absolute atomic E-state index is 12.7. The van der Waals surface area contributed by atoms with Crippen LogP contribution in [0.1, 0.15) is 25.3 Å². The number of carbonyl (C=O) groups is 1. The number of methoxy groups -OCH3 is 1. The summed E-state index contributed by atoms with van der Waals surface area (Å²) in [5.74, 6) is 0.790. The van der Waals surface area contributed by atoms with Gasteiger partial charge in [0.25, 0.3) is 0 Å². The van der Waals surface area contributed by atoms with Gasteiger partial charge in [-0.1, -0.05) is 42.5 Å². The van der Waals surface area contributed by atoms with Crippen LogP contribution >= 0.6 is 0 Å². The molecule has 1 aliphatic rings. The van der Waals surface area contributed by atoms with Crippen LogP contribution in [-0.4, -0.2) is 57.9 Å². The average molecular weight is 446 g/mol. The van der Waals surface area contributed by atoms with Crippen LogP contribution in [0.3, 0.4) is 0 Å². The van der Waals surface area contributed by atoms with Crippen molar-refractivity contribution in [3.05, 3.63) is 54.1 Å². The Bertz CT molecular complexity index is 1010. The van der Waals surface area contributed by atoms with E-state index in [0.717, 1.165) is 35.1 Å². The lowest BCUT2D eigenvalue weighted by Crippen LogP contribution is -2.59. The summed E-state index contributed by atoms with van der Waals surface area (Å²) < 4.78 is 32.2. The minimum Gasteiger partial charge on any atom is -0.496 e. The maximum Gasteiger partial charge on any atom is 0.317 e. The number of carbonyl (C=O) groups excluding carboxylic acids is 1. The molecule has 0 bridgehead atoms. The Balaban J connectivity index is 1.92. The van der Waals surface area contributed by atoms with E-state index in [-0.39, 0.29) is 18.1 Å². The second-order valence-corrected chi connectivity index (χ2v) is 9.62. The zero-order chi connectivity index (χ0) is 22.4. The number of amides is 2. The SMILES string of the molecule is CCNC(=O)N1CCC[C@@H](NS(C)(=O)=O)[C@H]1Cc1cccc(-c2ccccc2OC)c1. The Kier molecular flexibility index (Phi) is 7.56. The molecule has 0 aliphatic carbocycles. The summed E-state index contributed by atoms with van der Waals surface area (Å²) in [5.41, 5.74) is 3.04. The van der Waals surface area contributed by atoms with Crippen molar-refractivity contribution in [2.75, 3.05) is 26.5 Å². The smallest absolute Gasteiger partial charge is 0.317 e. The molecule has 0 spiro atoms. The van der Waals surface area contributed by atoms with Crippen LogP contribution < -0.4 is 14.8 Å². The van der Waals surface area contributed by atoms with Crippen LogP contribution in [-0.2, 0) is 16.4 Å². The zero-order valence-electron chi connectivity index (χ0n) is 18.3. The van der Waals surface area contributed by atoms with Gasteiger partial charge in [-0.05, 0) is 43.4 Å². The van der Waals surface area contributed by atoms with Crippen molar-refractivity contribution >= 4 is 16.1 Å². The van der Waals surface area contributed by atoms with Crippen molar-refractivity contribution in [2.24, 2.45) is 0 Å². The number of urea groups is 1. The lowest BCUT2D eigenvalue weighted by atomic mass is 9.90. The number of likely N-dealkylation sites (tertiary alicyclic amines) is 1. The van der Waals surface area contributed by atoms with Gasteiger partial charge in [0.1, 0.15) is 5.75 Å². The number of para-hydroxylation sites is 1. The van der Waals surface area contributed by atoms with Crippen molar-refractivity contribution in [2.45, 2.75) is 38.3 Å². The Hall–Kier alpha value is -2.58. The van der Waals surface area contributed by atoms with E-state index < -0.39 is 10.0 Å². The fraction of sp³-hybridized carbons (Fsp3) is 0.435. The highest BCUT2D eigenvalue weighted by Crippen LogP contribution is 2.31. The normalized spacial score (nSPS) is 19.1. The largest absolute Gasteiger partial charge is 0.496 e. The molecule has 8 heteroatoms. The van der Waals surface area contributed by atoms with Crippen LogP contribution in [0, 0.1) is 0 Å². The van der Waals surface area contributed by atoms with E-state index in [9.17, 15) is 13.2 Å². The zero-order valence-corrected chi connectivity index (χ0v) is 19.1.